The normalized spacial score (nSPS) is 19.1. The van der Waals surface area contributed by atoms with Crippen molar-refractivity contribution in [2.24, 2.45) is 0 Å². The van der Waals surface area contributed by atoms with Crippen molar-refractivity contribution in [1.82, 2.24) is 10.2 Å². The first-order chi connectivity index (χ1) is 14.6. The molecule has 1 N–H and O–H groups in total. The van der Waals surface area contributed by atoms with Crippen LogP contribution < -0.4 is 10.1 Å². The fraction of sp³-hybridized carbons (Fsp3) is 0.292. The number of nitrogens with zero attached hydrogens (tertiary/aromatic N) is 1. The van der Waals surface area contributed by atoms with Crippen molar-refractivity contribution in [2.45, 2.75) is 44.8 Å². The van der Waals surface area contributed by atoms with Crippen molar-refractivity contribution in [1.29, 1.82) is 0 Å². The van der Waals surface area contributed by atoms with Crippen molar-refractivity contribution in [2.75, 3.05) is 0 Å². The molecule has 0 aromatic heterocycles. The van der Waals surface area contributed by atoms with E-state index in [0.29, 0.717) is 17.9 Å². The summed E-state index contributed by atoms with van der Waals surface area (Å²) in [7, 11) is 0. The Hall–Kier alpha value is -3.41. The van der Waals surface area contributed by atoms with Crippen LogP contribution in [0.5, 0.6) is 5.75 Å². The average molecular weight is 404 g/mol. The molecule has 0 spiro atoms. The van der Waals surface area contributed by atoms with E-state index in [4.69, 9.17) is 4.74 Å². The predicted molar refractivity (Wildman–Crippen MR) is 112 cm³/mol. The molecule has 4 amide bonds. The lowest BCUT2D eigenvalue weighted by Crippen LogP contribution is -2.58. The van der Waals surface area contributed by atoms with Crippen LogP contribution in [-0.2, 0) is 16.2 Å². The zero-order chi connectivity index (χ0) is 20.9. The summed E-state index contributed by atoms with van der Waals surface area (Å²) in [6.07, 6.45) is 6.18. The Morgan fingerprint density at radius 1 is 0.933 bits per heavy atom. The highest BCUT2D eigenvalue weighted by Crippen LogP contribution is 2.26. The van der Waals surface area contributed by atoms with Gasteiger partial charge in [0.25, 0.3) is 11.8 Å². The van der Waals surface area contributed by atoms with Crippen molar-refractivity contribution in [3.8, 4) is 5.75 Å². The van der Waals surface area contributed by atoms with Crippen LogP contribution in [0.2, 0.25) is 0 Å². The second-order valence-electron chi connectivity index (χ2n) is 7.63. The maximum atomic E-state index is 12.9. The highest BCUT2D eigenvalue weighted by molar-refractivity contribution is 6.31. The molecule has 6 nitrogen and oxygen atoms in total. The lowest BCUT2D eigenvalue weighted by molar-refractivity contribution is -0.132. The van der Waals surface area contributed by atoms with E-state index in [1.165, 1.54) is 11.0 Å². The number of urea groups is 1. The summed E-state index contributed by atoms with van der Waals surface area (Å²) < 4.78 is 5.77. The van der Waals surface area contributed by atoms with Gasteiger partial charge in [-0.3, -0.25) is 19.8 Å². The van der Waals surface area contributed by atoms with Gasteiger partial charge in [-0.25, -0.2) is 4.79 Å². The number of rotatable bonds is 5. The molecule has 0 atom stereocenters. The molecule has 2 aromatic carbocycles. The van der Waals surface area contributed by atoms with Crippen LogP contribution in [0.3, 0.4) is 0 Å². The Bertz CT molecular complexity index is 960. The van der Waals surface area contributed by atoms with E-state index in [2.05, 4.69) is 5.32 Å². The molecule has 154 valence electrons. The Balaban J connectivity index is 1.47. The maximum absolute atomic E-state index is 12.9. The number of nitrogens with one attached hydrogen (secondary N) is 1. The van der Waals surface area contributed by atoms with Gasteiger partial charge in [-0.05, 0) is 42.2 Å². The SMILES string of the molecule is O=C1NC(=O)N(C2CCCCC2)C(=O)C1=Cc1ccc(OCc2ccccc2)cc1. The molecular weight excluding hydrogens is 380 g/mol. The summed E-state index contributed by atoms with van der Waals surface area (Å²) in [5.74, 6) is -0.471. The Morgan fingerprint density at radius 3 is 2.33 bits per heavy atom. The van der Waals surface area contributed by atoms with E-state index in [9.17, 15) is 14.4 Å². The number of amides is 4. The molecule has 1 aliphatic heterocycles. The topological polar surface area (TPSA) is 75.7 Å². The summed E-state index contributed by atoms with van der Waals surface area (Å²) in [4.78, 5) is 38.7. The summed E-state index contributed by atoms with van der Waals surface area (Å²) in [6.45, 7) is 0.459. The molecule has 1 saturated heterocycles. The van der Waals surface area contributed by atoms with Gasteiger partial charge in [-0.2, -0.15) is 0 Å². The molecule has 6 heteroatoms. The van der Waals surface area contributed by atoms with Gasteiger partial charge in [0, 0.05) is 6.04 Å². The Kier molecular flexibility index (Phi) is 5.93. The Labute approximate surface area is 175 Å². The summed E-state index contributed by atoms with van der Waals surface area (Å²) in [5, 5.41) is 2.31. The molecule has 1 aliphatic carbocycles. The first-order valence-electron chi connectivity index (χ1n) is 10.3. The van der Waals surface area contributed by atoms with Crippen LogP contribution in [0, 0.1) is 0 Å². The molecule has 2 fully saturated rings. The zero-order valence-electron chi connectivity index (χ0n) is 16.7. The van der Waals surface area contributed by atoms with Crippen LogP contribution in [0.25, 0.3) is 6.08 Å². The minimum Gasteiger partial charge on any atom is -0.489 e. The third-order valence-electron chi connectivity index (χ3n) is 5.51. The van der Waals surface area contributed by atoms with E-state index in [1.54, 1.807) is 24.3 Å². The largest absolute Gasteiger partial charge is 0.489 e. The fourth-order valence-corrected chi connectivity index (χ4v) is 3.91. The molecule has 0 radical (unpaired) electrons. The minimum atomic E-state index is -0.651. The van der Waals surface area contributed by atoms with Crippen LogP contribution in [0.4, 0.5) is 4.79 Å². The molecule has 30 heavy (non-hydrogen) atoms. The molecule has 4 rings (SSSR count). The third kappa shape index (κ3) is 4.43. The Morgan fingerprint density at radius 2 is 1.63 bits per heavy atom. The van der Waals surface area contributed by atoms with E-state index < -0.39 is 17.8 Å². The van der Waals surface area contributed by atoms with Crippen LogP contribution in [-0.4, -0.2) is 28.8 Å². The second kappa shape index (κ2) is 8.95. The van der Waals surface area contributed by atoms with Gasteiger partial charge in [0.2, 0.25) is 0 Å². The van der Waals surface area contributed by atoms with Crippen LogP contribution >= 0.6 is 0 Å². The zero-order valence-corrected chi connectivity index (χ0v) is 16.7. The molecule has 0 bridgehead atoms. The van der Waals surface area contributed by atoms with E-state index in [0.717, 1.165) is 37.7 Å². The van der Waals surface area contributed by atoms with Crippen molar-refractivity contribution < 1.29 is 19.1 Å². The molecule has 2 aromatic rings. The standard InChI is InChI=1S/C24H24N2O4/c27-22-21(23(28)26(24(29)25-22)19-9-5-2-6-10-19)15-17-11-13-20(14-12-17)30-16-18-7-3-1-4-8-18/h1,3-4,7-8,11-15,19H,2,5-6,9-10,16H2,(H,25,27,29). The summed E-state index contributed by atoms with van der Waals surface area (Å²) >= 11 is 0. The molecule has 0 unspecified atom stereocenters. The van der Waals surface area contributed by atoms with E-state index in [1.807, 2.05) is 30.3 Å². The van der Waals surface area contributed by atoms with Crippen LogP contribution in [0.15, 0.2) is 60.2 Å². The van der Waals surface area contributed by atoms with Crippen LogP contribution in [0.1, 0.15) is 43.2 Å². The number of carbonyl (C=O) groups excluding carboxylic acids is 3. The first-order valence-corrected chi connectivity index (χ1v) is 10.3. The van der Waals surface area contributed by atoms with Gasteiger partial charge in [0.05, 0.1) is 0 Å². The number of imide groups is 2. The van der Waals surface area contributed by atoms with Gasteiger partial charge >= 0.3 is 6.03 Å². The number of benzene rings is 2. The smallest absolute Gasteiger partial charge is 0.331 e. The number of hydrogen-bond donors (Lipinski definition) is 1. The van der Waals surface area contributed by atoms with Gasteiger partial charge in [-0.15, -0.1) is 0 Å². The predicted octanol–water partition coefficient (Wildman–Crippen LogP) is 4.06. The monoisotopic (exact) mass is 404 g/mol. The molecule has 1 saturated carbocycles. The van der Waals surface area contributed by atoms with Gasteiger partial charge in [-0.1, -0.05) is 61.7 Å². The molecule has 2 aliphatic rings. The quantitative estimate of drug-likeness (QED) is 0.602. The van der Waals surface area contributed by atoms with E-state index in [-0.39, 0.29) is 11.6 Å². The number of hydrogen-bond acceptors (Lipinski definition) is 4. The lowest BCUT2D eigenvalue weighted by Gasteiger charge is -2.35. The summed E-state index contributed by atoms with van der Waals surface area (Å²) in [5.41, 5.74) is 1.75. The van der Waals surface area contributed by atoms with Crippen molar-refractivity contribution in [3.63, 3.8) is 0 Å². The number of barbiturate groups is 1. The highest BCUT2D eigenvalue weighted by Gasteiger charge is 2.40. The van der Waals surface area contributed by atoms with Gasteiger partial charge < -0.3 is 4.74 Å². The maximum Gasteiger partial charge on any atom is 0.331 e. The summed E-state index contributed by atoms with van der Waals surface area (Å²) in [6, 6.07) is 16.3. The lowest BCUT2D eigenvalue weighted by atomic mass is 9.93. The number of carbonyl (C=O) groups is 3. The highest BCUT2D eigenvalue weighted by atomic mass is 16.5. The molecular formula is C24H24N2O4. The van der Waals surface area contributed by atoms with Gasteiger partial charge in [0.15, 0.2) is 0 Å². The second-order valence-corrected chi connectivity index (χ2v) is 7.63. The van der Waals surface area contributed by atoms with Gasteiger partial charge in [0.1, 0.15) is 17.9 Å². The minimum absolute atomic E-state index is 0.0156. The average Bonchev–Trinajstić information content (AvgIpc) is 2.77. The molecule has 1 heterocycles. The number of ether oxygens (including phenoxy) is 1. The van der Waals surface area contributed by atoms with E-state index >= 15 is 0 Å². The van der Waals surface area contributed by atoms with Crippen molar-refractivity contribution in [3.05, 3.63) is 71.3 Å². The first kappa shape index (κ1) is 19.9. The van der Waals surface area contributed by atoms with Crippen molar-refractivity contribution >= 4 is 23.9 Å². The fourth-order valence-electron chi connectivity index (χ4n) is 3.91. The third-order valence-corrected chi connectivity index (χ3v) is 5.51.